The molecule has 0 aromatic carbocycles. The summed E-state index contributed by atoms with van der Waals surface area (Å²) in [6.45, 7) is 2.12. The van der Waals surface area contributed by atoms with Crippen molar-refractivity contribution < 1.29 is 19.8 Å². The van der Waals surface area contributed by atoms with Crippen molar-refractivity contribution in [3.63, 3.8) is 0 Å². The van der Waals surface area contributed by atoms with Gasteiger partial charge in [-0.15, -0.1) is 0 Å². The number of aromatic nitrogens is 1. The number of carboxylic acids is 1. The first-order valence-corrected chi connectivity index (χ1v) is 7.17. The normalized spacial score (nSPS) is 19.1. The third-order valence-corrected chi connectivity index (χ3v) is 3.88. The Labute approximate surface area is 123 Å². The molecule has 1 unspecified atom stereocenters. The molecule has 0 saturated carbocycles. The highest BCUT2D eigenvalue weighted by Crippen LogP contribution is 2.19. The molecule has 0 aliphatic carbocycles. The molecule has 2 heterocycles. The van der Waals surface area contributed by atoms with Crippen molar-refractivity contribution >= 4 is 11.9 Å². The molecular formula is C15H20N2O4. The van der Waals surface area contributed by atoms with Gasteiger partial charge in [-0.3, -0.25) is 4.79 Å². The maximum Gasteiger partial charge on any atom is 0.337 e. The number of aryl methyl sites for hydroxylation is 1. The predicted molar refractivity (Wildman–Crippen MR) is 76.3 cm³/mol. The fourth-order valence-electron chi connectivity index (χ4n) is 2.69. The molecule has 0 bridgehead atoms. The van der Waals surface area contributed by atoms with Crippen molar-refractivity contribution in [3.05, 3.63) is 29.1 Å². The van der Waals surface area contributed by atoms with Crippen LogP contribution in [-0.4, -0.2) is 51.2 Å². The van der Waals surface area contributed by atoms with E-state index in [2.05, 4.69) is 4.98 Å². The van der Waals surface area contributed by atoms with Crippen LogP contribution in [0.1, 0.15) is 52.2 Å². The summed E-state index contributed by atoms with van der Waals surface area (Å²) in [5.41, 5.74) is 0.655. The van der Waals surface area contributed by atoms with Crippen LogP contribution >= 0.6 is 0 Å². The lowest BCUT2D eigenvalue weighted by Crippen LogP contribution is -2.42. The highest BCUT2D eigenvalue weighted by atomic mass is 16.4. The number of amides is 1. The van der Waals surface area contributed by atoms with E-state index in [-0.39, 0.29) is 29.8 Å². The lowest BCUT2D eigenvalue weighted by molar-refractivity contribution is 0.0592. The second kappa shape index (κ2) is 6.67. The van der Waals surface area contributed by atoms with Crippen molar-refractivity contribution in [3.8, 4) is 0 Å². The summed E-state index contributed by atoms with van der Waals surface area (Å²) in [5.74, 6) is -1.29. The molecule has 1 aliphatic rings. The molecule has 0 spiro atoms. The van der Waals surface area contributed by atoms with E-state index in [9.17, 15) is 14.7 Å². The van der Waals surface area contributed by atoms with E-state index in [1.54, 1.807) is 11.8 Å². The molecule has 1 aromatic rings. The average Bonchev–Trinajstić information content (AvgIpc) is 2.71. The van der Waals surface area contributed by atoms with Gasteiger partial charge < -0.3 is 15.1 Å². The Morgan fingerprint density at radius 2 is 2.10 bits per heavy atom. The highest BCUT2D eigenvalue weighted by Gasteiger charge is 2.27. The van der Waals surface area contributed by atoms with E-state index in [0.29, 0.717) is 12.2 Å². The Morgan fingerprint density at radius 1 is 1.33 bits per heavy atom. The van der Waals surface area contributed by atoms with Crippen LogP contribution in [0.15, 0.2) is 12.1 Å². The minimum Gasteiger partial charge on any atom is -0.478 e. The number of likely N-dealkylation sites (tertiary alicyclic amines) is 1. The number of rotatable bonds is 3. The molecule has 114 valence electrons. The average molecular weight is 292 g/mol. The molecule has 1 atom stereocenters. The van der Waals surface area contributed by atoms with Gasteiger partial charge in [-0.1, -0.05) is 12.8 Å². The van der Waals surface area contributed by atoms with Gasteiger partial charge in [0.25, 0.3) is 5.91 Å². The second-order valence-corrected chi connectivity index (χ2v) is 5.32. The van der Waals surface area contributed by atoms with Crippen LogP contribution in [0.4, 0.5) is 0 Å². The van der Waals surface area contributed by atoms with E-state index in [0.717, 1.165) is 25.7 Å². The fraction of sp³-hybridized carbons (Fsp3) is 0.533. The van der Waals surface area contributed by atoms with Gasteiger partial charge in [0.15, 0.2) is 0 Å². The summed E-state index contributed by atoms with van der Waals surface area (Å²) in [7, 11) is 0. The van der Waals surface area contributed by atoms with E-state index in [4.69, 9.17) is 5.11 Å². The van der Waals surface area contributed by atoms with Gasteiger partial charge in [0.05, 0.1) is 23.9 Å². The number of carboxylic acid groups (broad SMARTS) is 1. The highest BCUT2D eigenvalue weighted by molar-refractivity contribution is 5.94. The maximum atomic E-state index is 12.6. The minimum atomic E-state index is -1.05. The Balaban J connectivity index is 2.25. The molecule has 1 fully saturated rings. The van der Waals surface area contributed by atoms with Crippen LogP contribution in [0, 0.1) is 6.92 Å². The standard InChI is InChI=1S/C15H20N2O4/c1-10-12(15(20)21)6-7-13(16-10)14(19)17-8-4-2-3-5-11(17)9-18/h6-7,11,18H,2-5,8-9H2,1H3,(H,20,21). The summed E-state index contributed by atoms with van der Waals surface area (Å²) in [4.78, 5) is 29.3. The third kappa shape index (κ3) is 3.39. The summed E-state index contributed by atoms with van der Waals surface area (Å²) in [6.07, 6.45) is 3.74. The Hall–Kier alpha value is -1.95. The first-order chi connectivity index (χ1) is 10.0. The van der Waals surface area contributed by atoms with E-state index in [1.165, 1.54) is 12.1 Å². The van der Waals surface area contributed by atoms with Crippen LogP contribution in [0.2, 0.25) is 0 Å². The number of pyridine rings is 1. The number of hydrogen-bond donors (Lipinski definition) is 2. The van der Waals surface area contributed by atoms with Crippen molar-refractivity contribution in [2.45, 2.75) is 38.6 Å². The number of nitrogens with zero attached hydrogens (tertiary/aromatic N) is 2. The predicted octanol–water partition coefficient (Wildman–Crippen LogP) is 1.47. The Kier molecular flexibility index (Phi) is 4.90. The third-order valence-electron chi connectivity index (χ3n) is 3.88. The number of hydrogen-bond acceptors (Lipinski definition) is 4. The molecule has 6 heteroatoms. The number of aliphatic hydroxyl groups excluding tert-OH is 1. The summed E-state index contributed by atoms with van der Waals surface area (Å²) >= 11 is 0. The molecule has 1 amide bonds. The molecule has 21 heavy (non-hydrogen) atoms. The van der Waals surface area contributed by atoms with Crippen molar-refractivity contribution in [2.75, 3.05) is 13.2 Å². The fourth-order valence-corrected chi connectivity index (χ4v) is 2.69. The van der Waals surface area contributed by atoms with E-state index >= 15 is 0 Å². The van der Waals surface area contributed by atoms with Gasteiger partial charge in [0.2, 0.25) is 0 Å². The van der Waals surface area contributed by atoms with Gasteiger partial charge >= 0.3 is 5.97 Å². The van der Waals surface area contributed by atoms with Gasteiger partial charge in [-0.2, -0.15) is 0 Å². The van der Waals surface area contributed by atoms with Crippen LogP contribution in [0.3, 0.4) is 0 Å². The molecule has 6 nitrogen and oxygen atoms in total. The van der Waals surface area contributed by atoms with Gasteiger partial charge in [0, 0.05) is 6.54 Å². The summed E-state index contributed by atoms with van der Waals surface area (Å²) in [5, 5.41) is 18.5. The Bertz CT molecular complexity index is 544. The van der Waals surface area contributed by atoms with Crippen molar-refractivity contribution in [1.29, 1.82) is 0 Å². The van der Waals surface area contributed by atoms with E-state index < -0.39 is 5.97 Å². The number of aromatic carboxylic acids is 1. The van der Waals surface area contributed by atoms with Crippen LogP contribution < -0.4 is 0 Å². The number of carbonyl (C=O) groups excluding carboxylic acids is 1. The topological polar surface area (TPSA) is 90.7 Å². The summed E-state index contributed by atoms with van der Waals surface area (Å²) < 4.78 is 0. The van der Waals surface area contributed by atoms with Crippen LogP contribution in [-0.2, 0) is 0 Å². The van der Waals surface area contributed by atoms with Gasteiger partial charge in [-0.25, -0.2) is 9.78 Å². The number of aliphatic hydroxyl groups is 1. The molecule has 1 aromatic heterocycles. The van der Waals surface area contributed by atoms with Crippen LogP contribution in [0.5, 0.6) is 0 Å². The van der Waals surface area contributed by atoms with Crippen molar-refractivity contribution in [2.24, 2.45) is 0 Å². The molecule has 2 N–H and O–H groups in total. The SMILES string of the molecule is Cc1nc(C(=O)N2CCCCCC2CO)ccc1C(=O)O. The zero-order chi connectivity index (χ0) is 15.4. The van der Waals surface area contributed by atoms with Gasteiger partial charge in [-0.05, 0) is 31.9 Å². The zero-order valence-electron chi connectivity index (χ0n) is 12.1. The lowest BCUT2D eigenvalue weighted by Gasteiger charge is -2.28. The first-order valence-electron chi connectivity index (χ1n) is 7.17. The molecule has 0 radical (unpaired) electrons. The monoisotopic (exact) mass is 292 g/mol. The summed E-state index contributed by atoms with van der Waals surface area (Å²) in [6, 6.07) is 2.67. The molecule has 1 aliphatic heterocycles. The quantitative estimate of drug-likeness (QED) is 0.880. The number of carbonyl (C=O) groups is 2. The molecular weight excluding hydrogens is 272 g/mol. The van der Waals surface area contributed by atoms with Crippen molar-refractivity contribution in [1.82, 2.24) is 9.88 Å². The first kappa shape index (κ1) is 15.4. The minimum absolute atomic E-state index is 0.0576. The van der Waals surface area contributed by atoms with Crippen LogP contribution in [0.25, 0.3) is 0 Å². The zero-order valence-corrected chi connectivity index (χ0v) is 12.1. The second-order valence-electron chi connectivity index (χ2n) is 5.32. The Morgan fingerprint density at radius 3 is 2.71 bits per heavy atom. The van der Waals surface area contributed by atoms with E-state index in [1.807, 2.05) is 0 Å². The molecule has 1 saturated heterocycles. The molecule has 2 rings (SSSR count). The maximum absolute atomic E-state index is 12.6. The smallest absolute Gasteiger partial charge is 0.337 e. The van der Waals surface area contributed by atoms with Gasteiger partial charge in [0.1, 0.15) is 5.69 Å². The lowest BCUT2D eigenvalue weighted by atomic mass is 10.1. The largest absolute Gasteiger partial charge is 0.478 e.